The molecular formula is C14H10O. The van der Waals surface area contributed by atoms with Crippen molar-refractivity contribution < 1.29 is 5.11 Å². The molecule has 0 aliphatic rings. The Hall–Kier alpha value is -2.02. The van der Waals surface area contributed by atoms with Gasteiger partial charge >= 0.3 is 0 Å². The largest absolute Gasteiger partial charge is 0.508 e. The summed E-state index contributed by atoms with van der Waals surface area (Å²) in [5.41, 5.74) is 0. The summed E-state index contributed by atoms with van der Waals surface area (Å²) < 4.78 is 0. The molecule has 0 saturated heterocycles. The Morgan fingerprint density at radius 1 is 0.600 bits per heavy atom. The zero-order valence-corrected chi connectivity index (χ0v) is 8.14. The van der Waals surface area contributed by atoms with Crippen LogP contribution in [0.1, 0.15) is 0 Å². The van der Waals surface area contributed by atoms with Crippen LogP contribution in [0.3, 0.4) is 0 Å². The number of phenolic OH excluding ortho intramolecular Hbond substituents is 1. The van der Waals surface area contributed by atoms with E-state index in [1.54, 1.807) is 12.1 Å². The second-order valence-electron chi connectivity index (χ2n) is 3.73. The number of hydrogen-bond donors (Lipinski definition) is 1. The van der Waals surface area contributed by atoms with E-state index in [1.165, 1.54) is 10.8 Å². The lowest BCUT2D eigenvalue weighted by atomic mass is 10.0. The Morgan fingerprint density at radius 3 is 1.93 bits per heavy atom. The van der Waals surface area contributed by atoms with Gasteiger partial charge in [-0.05, 0) is 45.8 Å². The van der Waals surface area contributed by atoms with Crippen LogP contribution in [0.2, 0.25) is 0 Å². The maximum Gasteiger partial charge on any atom is 0.116 e. The van der Waals surface area contributed by atoms with Gasteiger partial charge in [0.05, 0.1) is 0 Å². The number of benzene rings is 3. The van der Waals surface area contributed by atoms with E-state index in [1.807, 2.05) is 18.2 Å². The fraction of sp³-hybridized carbons (Fsp3) is 0. The molecule has 0 aliphatic heterocycles. The molecule has 1 heteroatoms. The van der Waals surface area contributed by atoms with Crippen LogP contribution in [0.25, 0.3) is 21.5 Å². The van der Waals surface area contributed by atoms with Gasteiger partial charge in [0.1, 0.15) is 5.75 Å². The van der Waals surface area contributed by atoms with Gasteiger partial charge in [0.25, 0.3) is 0 Å². The minimum atomic E-state index is 0.317. The lowest BCUT2D eigenvalue weighted by molar-refractivity contribution is 0.476. The molecule has 72 valence electrons. The average molecular weight is 194 g/mol. The standard InChI is InChI=1S/C14H10O/c15-14-6-5-12-7-10-3-1-2-4-11(10)8-13(12)9-14/h1-9,15H. The summed E-state index contributed by atoms with van der Waals surface area (Å²) in [7, 11) is 0. The molecule has 0 spiro atoms. The zero-order valence-electron chi connectivity index (χ0n) is 8.14. The van der Waals surface area contributed by atoms with Gasteiger partial charge in [0.2, 0.25) is 0 Å². The number of rotatable bonds is 0. The van der Waals surface area contributed by atoms with Crippen molar-refractivity contribution in [3.63, 3.8) is 0 Å². The van der Waals surface area contributed by atoms with Crippen LogP contribution in [0, 0.1) is 0 Å². The van der Waals surface area contributed by atoms with Crippen molar-refractivity contribution in [1.82, 2.24) is 0 Å². The van der Waals surface area contributed by atoms with Crippen LogP contribution in [0.15, 0.2) is 54.6 Å². The van der Waals surface area contributed by atoms with E-state index in [9.17, 15) is 5.11 Å². The fourth-order valence-corrected chi connectivity index (χ4v) is 1.93. The molecule has 0 saturated carbocycles. The van der Waals surface area contributed by atoms with Crippen molar-refractivity contribution in [1.29, 1.82) is 0 Å². The van der Waals surface area contributed by atoms with Crippen LogP contribution in [0.4, 0.5) is 0 Å². The minimum absolute atomic E-state index is 0.317. The highest BCUT2D eigenvalue weighted by molar-refractivity contribution is 5.98. The molecule has 0 amide bonds. The Balaban J connectivity index is 2.47. The monoisotopic (exact) mass is 194 g/mol. The molecule has 0 aliphatic carbocycles. The van der Waals surface area contributed by atoms with Crippen LogP contribution in [0.5, 0.6) is 5.75 Å². The quantitative estimate of drug-likeness (QED) is 0.541. The van der Waals surface area contributed by atoms with E-state index in [2.05, 4.69) is 24.3 Å². The minimum Gasteiger partial charge on any atom is -0.508 e. The molecule has 3 aromatic carbocycles. The molecule has 15 heavy (non-hydrogen) atoms. The fourth-order valence-electron chi connectivity index (χ4n) is 1.93. The second-order valence-corrected chi connectivity index (χ2v) is 3.73. The highest BCUT2D eigenvalue weighted by Gasteiger charge is 1.98. The first-order valence-corrected chi connectivity index (χ1v) is 4.94. The summed E-state index contributed by atoms with van der Waals surface area (Å²) >= 11 is 0. The molecule has 0 fully saturated rings. The molecule has 0 heterocycles. The molecule has 0 unspecified atom stereocenters. The Labute approximate surface area is 87.6 Å². The second kappa shape index (κ2) is 2.99. The Kier molecular flexibility index (Phi) is 1.65. The normalized spacial score (nSPS) is 10.9. The predicted molar refractivity (Wildman–Crippen MR) is 63.1 cm³/mol. The smallest absolute Gasteiger partial charge is 0.116 e. The van der Waals surface area contributed by atoms with E-state index >= 15 is 0 Å². The number of hydrogen-bond acceptors (Lipinski definition) is 1. The van der Waals surface area contributed by atoms with Crippen molar-refractivity contribution in [3.8, 4) is 5.75 Å². The van der Waals surface area contributed by atoms with Gasteiger partial charge in [-0.2, -0.15) is 0 Å². The number of phenols is 1. The first kappa shape index (κ1) is 8.30. The van der Waals surface area contributed by atoms with E-state index in [-0.39, 0.29) is 0 Å². The van der Waals surface area contributed by atoms with E-state index in [0.717, 1.165) is 10.8 Å². The van der Waals surface area contributed by atoms with Crippen LogP contribution < -0.4 is 0 Å². The van der Waals surface area contributed by atoms with Gasteiger partial charge in [0, 0.05) is 0 Å². The van der Waals surface area contributed by atoms with Crippen LogP contribution in [-0.4, -0.2) is 5.11 Å². The SMILES string of the molecule is Oc1ccc2cc3ccccc3cc2c1. The van der Waals surface area contributed by atoms with Crippen molar-refractivity contribution in [3.05, 3.63) is 54.6 Å². The molecule has 3 aromatic rings. The van der Waals surface area contributed by atoms with E-state index in [4.69, 9.17) is 0 Å². The molecule has 1 N–H and O–H groups in total. The summed E-state index contributed by atoms with van der Waals surface area (Å²) in [6.07, 6.45) is 0. The molecule has 1 nitrogen and oxygen atoms in total. The first-order chi connectivity index (χ1) is 7.33. The van der Waals surface area contributed by atoms with Crippen molar-refractivity contribution >= 4 is 21.5 Å². The third-order valence-electron chi connectivity index (χ3n) is 2.69. The highest BCUT2D eigenvalue weighted by Crippen LogP contribution is 2.25. The predicted octanol–water partition coefficient (Wildman–Crippen LogP) is 3.70. The van der Waals surface area contributed by atoms with Crippen molar-refractivity contribution in [2.45, 2.75) is 0 Å². The lowest BCUT2D eigenvalue weighted by Gasteiger charge is -2.02. The summed E-state index contributed by atoms with van der Waals surface area (Å²) in [4.78, 5) is 0. The zero-order chi connectivity index (χ0) is 10.3. The highest BCUT2D eigenvalue weighted by atomic mass is 16.3. The third-order valence-corrected chi connectivity index (χ3v) is 2.69. The molecule has 0 radical (unpaired) electrons. The van der Waals surface area contributed by atoms with Gasteiger partial charge in [0.15, 0.2) is 0 Å². The van der Waals surface area contributed by atoms with Crippen LogP contribution in [-0.2, 0) is 0 Å². The average Bonchev–Trinajstić information content (AvgIpc) is 2.26. The van der Waals surface area contributed by atoms with E-state index in [0.29, 0.717) is 5.75 Å². The summed E-state index contributed by atoms with van der Waals surface area (Å²) in [5.74, 6) is 0.317. The lowest BCUT2D eigenvalue weighted by Crippen LogP contribution is -1.75. The van der Waals surface area contributed by atoms with Crippen LogP contribution >= 0.6 is 0 Å². The van der Waals surface area contributed by atoms with Gasteiger partial charge in [-0.1, -0.05) is 30.3 Å². The Bertz CT molecular complexity index is 641. The molecular weight excluding hydrogens is 184 g/mol. The van der Waals surface area contributed by atoms with Gasteiger partial charge in [-0.3, -0.25) is 0 Å². The summed E-state index contributed by atoms with van der Waals surface area (Å²) in [6, 6.07) is 17.9. The van der Waals surface area contributed by atoms with Gasteiger partial charge in [-0.25, -0.2) is 0 Å². The summed E-state index contributed by atoms with van der Waals surface area (Å²) in [6.45, 7) is 0. The Morgan fingerprint density at radius 2 is 1.20 bits per heavy atom. The maximum absolute atomic E-state index is 9.40. The number of aromatic hydroxyl groups is 1. The molecule has 0 aromatic heterocycles. The first-order valence-electron chi connectivity index (χ1n) is 4.94. The topological polar surface area (TPSA) is 20.2 Å². The number of fused-ring (bicyclic) bond motifs is 2. The van der Waals surface area contributed by atoms with Gasteiger partial charge in [-0.15, -0.1) is 0 Å². The summed E-state index contributed by atoms with van der Waals surface area (Å²) in [5, 5.41) is 14.1. The van der Waals surface area contributed by atoms with Crippen molar-refractivity contribution in [2.75, 3.05) is 0 Å². The molecule has 3 rings (SSSR count). The van der Waals surface area contributed by atoms with E-state index < -0.39 is 0 Å². The molecule has 0 atom stereocenters. The third kappa shape index (κ3) is 1.33. The molecule has 0 bridgehead atoms. The van der Waals surface area contributed by atoms with Crippen molar-refractivity contribution in [2.24, 2.45) is 0 Å². The van der Waals surface area contributed by atoms with Gasteiger partial charge < -0.3 is 5.11 Å². The maximum atomic E-state index is 9.40.